The maximum Gasteiger partial charge on any atom is 0.120 e. The molecule has 2 N–H and O–H groups in total. The molecule has 0 saturated carbocycles. The Kier molecular flexibility index (Phi) is 3.36. The molecule has 0 saturated heterocycles. The van der Waals surface area contributed by atoms with Gasteiger partial charge in [0.15, 0.2) is 0 Å². The molecule has 2 aromatic heterocycles. The Morgan fingerprint density at radius 2 is 2.19 bits per heavy atom. The standard InChI is InChI=1S/C11H17N5/c1-9(2)16(6-10-5-12-8-15-10)7-11-13-3-4-14-11/h3-5,8-9H,6-7H2,1-2H3,(H,12,15)(H,13,14). The molecule has 0 fully saturated rings. The lowest BCUT2D eigenvalue weighted by Crippen LogP contribution is -2.30. The van der Waals surface area contributed by atoms with Crippen LogP contribution in [0.15, 0.2) is 24.9 Å². The average Bonchev–Trinajstić information content (AvgIpc) is 2.88. The maximum absolute atomic E-state index is 4.24. The third-order valence-corrected chi connectivity index (χ3v) is 2.57. The largest absolute Gasteiger partial charge is 0.348 e. The van der Waals surface area contributed by atoms with E-state index >= 15 is 0 Å². The Bertz CT molecular complexity index is 354. The van der Waals surface area contributed by atoms with Gasteiger partial charge in [-0.3, -0.25) is 4.90 Å². The molecule has 16 heavy (non-hydrogen) atoms. The van der Waals surface area contributed by atoms with Crippen LogP contribution in [0.25, 0.3) is 0 Å². The van der Waals surface area contributed by atoms with Crippen molar-refractivity contribution in [2.75, 3.05) is 0 Å². The molecular weight excluding hydrogens is 202 g/mol. The van der Waals surface area contributed by atoms with E-state index in [0.29, 0.717) is 6.04 Å². The lowest BCUT2D eigenvalue weighted by molar-refractivity contribution is 0.197. The zero-order chi connectivity index (χ0) is 11.4. The average molecular weight is 219 g/mol. The van der Waals surface area contributed by atoms with Gasteiger partial charge in [0.1, 0.15) is 5.82 Å². The number of H-pyrrole nitrogens is 2. The van der Waals surface area contributed by atoms with Crippen molar-refractivity contribution in [1.29, 1.82) is 0 Å². The highest BCUT2D eigenvalue weighted by Crippen LogP contribution is 2.08. The van der Waals surface area contributed by atoms with Gasteiger partial charge in [-0.15, -0.1) is 0 Å². The molecule has 2 rings (SSSR count). The van der Waals surface area contributed by atoms with Crippen LogP contribution in [-0.4, -0.2) is 30.9 Å². The van der Waals surface area contributed by atoms with Crippen molar-refractivity contribution in [3.63, 3.8) is 0 Å². The van der Waals surface area contributed by atoms with Crippen molar-refractivity contribution < 1.29 is 0 Å². The van der Waals surface area contributed by atoms with Gasteiger partial charge < -0.3 is 9.97 Å². The van der Waals surface area contributed by atoms with Crippen LogP contribution in [0.4, 0.5) is 0 Å². The molecule has 5 heteroatoms. The van der Waals surface area contributed by atoms with Crippen molar-refractivity contribution in [2.45, 2.75) is 33.0 Å². The predicted molar refractivity (Wildman–Crippen MR) is 61.6 cm³/mol. The third-order valence-electron chi connectivity index (χ3n) is 2.57. The highest BCUT2D eigenvalue weighted by atomic mass is 15.2. The van der Waals surface area contributed by atoms with Crippen molar-refractivity contribution >= 4 is 0 Å². The van der Waals surface area contributed by atoms with Gasteiger partial charge in [-0.05, 0) is 13.8 Å². The summed E-state index contributed by atoms with van der Waals surface area (Å²) in [5.41, 5.74) is 1.13. The Labute approximate surface area is 94.9 Å². The first-order valence-corrected chi connectivity index (χ1v) is 5.45. The first-order valence-electron chi connectivity index (χ1n) is 5.45. The van der Waals surface area contributed by atoms with Gasteiger partial charge in [-0.1, -0.05) is 0 Å². The fourth-order valence-corrected chi connectivity index (χ4v) is 1.59. The minimum absolute atomic E-state index is 0.466. The Balaban J connectivity index is 2.00. The van der Waals surface area contributed by atoms with Crippen molar-refractivity contribution in [3.05, 3.63) is 36.4 Å². The minimum atomic E-state index is 0.466. The number of nitrogens with zero attached hydrogens (tertiary/aromatic N) is 3. The predicted octanol–water partition coefficient (Wildman–Crippen LogP) is 1.54. The van der Waals surface area contributed by atoms with E-state index in [1.54, 1.807) is 12.5 Å². The lowest BCUT2D eigenvalue weighted by Gasteiger charge is -2.24. The molecule has 0 amide bonds. The second-order valence-corrected chi connectivity index (χ2v) is 4.11. The summed E-state index contributed by atoms with van der Waals surface area (Å²) in [5.74, 6) is 0.994. The minimum Gasteiger partial charge on any atom is -0.348 e. The molecule has 86 valence electrons. The highest BCUT2D eigenvalue weighted by Gasteiger charge is 2.12. The summed E-state index contributed by atoms with van der Waals surface area (Å²) in [4.78, 5) is 16.8. The first-order chi connectivity index (χ1) is 7.75. The number of rotatable bonds is 5. The third kappa shape index (κ3) is 2.70. The van der Waals surface area contributed by atoms with Gasteiger partial charge in [-0.2, -0.15) is 0 Å². The fraction of sp³-hybridized carbons (Fsp3) is 0.455. The normalized spacial score (nSPS) is 11.5. The number of imidazole rings is 2. The summed E-state index contributed by atoms with van der Waals surface area (Å²) < 4.78 is 0. The van der Waals surface area contributed by atoms with Crippen molar-refractivity contribution in [1.82, 2.24) is 24.8 Å². The molecule has 2 aromatic rings. The quantitative estimate of drug-likeness (QED) is 0.802. The van der Waals surface area contributed by atoms with Gasteiger partial charge >= 0.3 is 0 Å². The zero-order valence-corrected chi connectivity index (χ0v) is 9.64. The number of aromatic nitrogens is 4. The van der Waals surface area contributed by atoms with E-state index in [0.717, 1.165) is 24.6 Å². The Hall–Kier alpha value is -1.62. The van der Waals surface area contributed by atoms with E-state index in [4.69, 9.17) is 0 Å². The van der Waals surface area contributed by atoms with Crippen molar-refractivity contribution in [3.8, 4) is 0 Å². The van der Waals surface area contributed by atoms with Crippen LogP contribution in [0.5, 0.6) is 0 Å². The second kappa shape index (κ2) is 4.94. The molecule has 2 heterocycles. The van der Waals surface area contributed by atoms with Crippen LogP contribution < -0.4 is 0 Å². The Morgan fingerprint density at radius 3 is 2.75 bits per heavy atom. The SMILES string of the molecule is CC(C)N(Cc1cnc[nH]1)Cc1ncc[nH]1. The summed E-state index contributed by atoms with van der Waals surface area (Å²) >= 11 is 0. The maximum atomic E-state index is 4.24. The van der Waals surface area contributed by atoms with Crippen LogP contribution in [-0.2, 0) is 13.1 Å². The number of hydrogen-bond donors (Lipinski definition) is 2. The molecule has 0 spiro atoms. The number of hydrogen-bond acceptors (Lipinski definition) is 3. The van der Waals surface area contributed by atoms with E-state index < -0.39 is 0 Å². The van der Waals surface area contributed by atoms with E-state index in [2.05, 4.69) is 38.7 Å². The van der Waals surface area contributed by atoms with Gasteiger partial charge in [0.2, 0.25) is 0 Å². The number of nitrogens with one attached hydrogen (secondary N) is 2. The van der Waals surface area contributed by atoms with Gasteiger partial charge in [0, 0.05) is 36.9 Å². The molecule has 0 atom stereocenters. The first kappa shape index (κ1) is 10.9. The molecule has 0 aliphatic rings. The van der Waals surface area contributed by atoms with Gasteiger partial charge in [0.05, 0.1) is 12.9 Å². The number of aromatic amines is 2. The zero-order valence-electron chi connectivity index (χ0n) is 9.64. The molecule has 0 aromatic carbocycles. The van der Waals surface area contributed by atoms with Crippen LogP contribution in [0, 0.1) is 0 Å². The summed E-state index contributed by atoms with van der Waals surface area (Å²) in [6.45, 7) is 6.04. The van der Waals surface area contributed by atoms with Gasteiger partial charge in [0.25, 0.3) is 0 Å². The molecule has 5 nitrogen and oxygen atoms in total. The lowest BCUT2D eigenvalue weighted by atomic mass is 10.3. The molecule has 0 radical (unpaired) electrons. The van der Waals surface area contributed by atoms with Crippen molar-refractivity contribution in [2.24, 2.45) is 0 Å². The second-order valence-electron chi connectivity index (χ2n) is 4.11. The Morgan fingerprint density at radius 1 is 1.31 bits per heavy atom. The van der Waals surface area contributed by atoms with E-state index in [1.165, 1.54) is 0 Å². The summed E-state index contributed by atoms with van der Waals surface area (Å²) in [5, 5.41) is 0. The molecule has 0 unspecified atom stereocenters. The monoisotopic (exact) mass is 219 g/mol. The molecule has 0 aliphatic carbocycles. The van der Waals surface area contributed by atoms with Crippen LogP contribution in [0.1, 0.15) is 25.4 Å². The van der Waals surface area contributed by atoms with Gasteiger partial charge in [-0.25, -0.2) is 9.97 Å². The molecule has 0 bridgehead atoms. The van der Waals surface area contributed by atoms with E-state index in [-0.39, 0.29) is 0 Å². The van der Waals surface area contributed by atoms with Crippen LogP contribution in [0.2, 0.25) is 0 Å². The summed E-state index contributed by atoms with van der Waals surface area (Å²) in [7, 11) is 0. The summed E-state index contributed by atoms with van der Waals surface area (Å²) in [6, 6.07) is 0.466. The van der Waals surface area contributed by atoms with Crippen LogP contribution >= 0.6 is 0 Å². The van der Waals surface area contributed by atoms with E-state index in [9.17, 15) is 0 Å². The van der Waals surface area contributed by atoms with Crippen LogP contribution in [0.3, 0.4) is 0 Å². The topological polar surface area (TPSA) is 60.6 Å². The highest BCUT2D eigenvalue weighted by molar-refractivity contribution is 4.96. The molecular formula is C11H17N5. The smallest absolute Gasteiger partial charge is 0.120 e. The molecule has 0 aliphatic heterocycles. The van der Waals surface area contributed by atoms with E-state index in [1.807, 2.05) is 12.4 Å². The summed E-state index contributed by atoms with van der Waals surface area (Å²) in [6.07, 6.45) is 7.20. The fourth-order valence-electron chi connectivity index (χ4n) is 1.59.